The largest absolute Gasteiger partial charge is 0.443 e. The van der Waals surface area contributed by atoms with E-state index in [1.165, 1.54) is 11.7 Å². The zero-order chi connectivity index (χ0) is 16.2. The summed E-state index contributed by atoms with van der Waals surface area (Å²) in [5, 5.41) is 4.62. The van der Waals surface area contributed by atoms with Gasteiger partial charge in [0.2, 0.25) is 0 Å². The Morgan fingerprint density at radius 3 is 2.68 bits per heavy atom. The van der Waals surface area contributed by atoms with Crippen molar-refractivity contribution < 1.29 is 14.4 Å². The van der Waals surface area contributed by atoms with Crippen molar-refractivity contribution in [2.24, 2.45) is 5.16 Å². The highest BCUT2D eigenvalue weighted by atomic mass is 16.6. The van der Waals surface area contributed by atoms with E-state index in [0.29, 0.717) is 0 Å². The number of oxime groups is 1. The molecular weight excluding hydrogens is 280 g/mol. The lowest BCUT2D eigenvalue weighted by Crippen LogP contribution is -2.26. The van der Waals surface area contributed by atoms with Gasteiger partial charge in [0.05, 0.1) is 11.7 Å². The summed E-state index contributed by atoms with van der Waals surface area (Å²) in [5.74, 6) is 0. The van der Waals surface area contributed by atoms with Crippen LogP contribution in [-0.4, -0.2) is 29.6 Å². The van der Waals surface area contributed by atoms with Gasteiger partial charge >= 0.3 is 6.09 Å². The number of aromatic nitrogens is 1. The Kier molecular flexibility index (Phi) is 4.65. The molecule has 0 aliphatic rings. The Hall–Kier alpha value is -2.56. The molecule has 0 radical (unpaired) electrons. The molecule has 0 aliphatic carbocycles. The van der Waals surface area contributed by atoms with Gasteiger partial charge in [-0.3, -0.25) is 4.57 Å². The van der Waals surface area contributed by atoms with Gasteiger partial charge in [0.1, 0.15) is 12.7 Å². The van der Waals surface area contributed by atoms with Crippen molar-refractivity contribution in [2.45, 2.75) is 26.4 Å². The number of benzene rings is 1. The number of hydrogen-bond acceptors (Lipinski definition) is 4. The lowest BCUT2D eigenvalue weighted by molar-refractivity contribution is 0.0544. The Morgan fingerprint density at radius 2 is 2.00 bits per heavy atom. The van der Waals surface area contributed by atoms with Crippen LogP contribution in [0.4, 0.5) is 4.79 Å². The molecule has 0 unspecified atom stereocenters. The zero-order valence-corrected chi connectivity index (χ0v) is 13.2. The van der Waals surface area contributed by atoms with Gasteiger partial charge in [-0.1, -0.05) is 29.4 Å². The number of nitrogens with zero attached hydrogens (tertiary/aromatic N) is 2. The summed E-state index contributed by atoms with van der Waals surface area (Å²) in [4.78, 5) is 16.9. The van der Waals surface area contributed by atoms with E-state index in [4.69, 9.17) is 4.74 Å². The standard InChI is InChI=1S/C17H20N2O3/c1-17(2,3)22-16(20)19-12-13(8-7-11-18-21-4)14-9-5-6-10-15(14)19/h5-12H,1-4H3/b8-7-,18-11+. The number of rotatable bonds is 3. The highest BCUT2D eigenvalue weighted by Crippen LogP contribution is 2.23. The van der Waals surface area contributed by atoms with E-state index in [1.54, 1.807) is 18.5 Å². The maximum Gasteiger partial charge on any atom is 0.419 e. The van der Waals surface area contributed by atoms with Crippen molar-refractivity contribution in [3.05, 3.63) is 42.1 Å². The summed E-state index contributed by atoms with van der Waals surface area (Å²) in [5.41, 5.74) is 1.17. The summed E-state index contributed by atoms with van der Waals surface area (Å²) >= 11 is 0. The second kappa shape index (κ2) is 6.47. The first-order valence-corrected chi connectivity index (χ1v) is 6.99. The molecule has 0 saturated carbocycles. The smallest absolute Gasteiger partial charge is 0.419 e. The van der Waals surface area contributed by atoms with E-state index in [-0.39, 0.29) is 0 Å². The van der Waals surface area contributed by atoms with Crippen LogP contribution in [0.5, 0.6) is 0 Å². The second-order valence-electron chi connectivity index (χ2n) is 5.75. The van der Waals surface area contributed by atoms with Gasteiger partial charge < -0.3 is 9.57 Å². The van der Waals surface area contributed by atoms with E-state index in [2.05, 4.69) is 9.99 Å². The quantitative estimate of drug-likeness (QED) is 0.634. The summed E-state index contributed by atoms with van der Waals surface area (Å²) in [6, 6.07) is 7.68. The Bertz CT molecular complexity index is 721. The third-order valence-electron chi connectivity index (χ3n) is 2.86. The molecule has 0 saturated heterocycles. The third kappa shape index (κ3) is 3.75. The van der Waals surface area contributed by atoms with E-state index in [9.17, 15) is 4.79 Å². The maximum atomic E-state index is 12.3. The molecule has 0 fully saturated rings. The molecule has 1 aromatic carbocycles. The Morgan fingerprint density at radius 1 is 1.27 bits per heavy atom. The highest BCUT2D eigenvalue weighted by molar-refractivity contribution is 5.96. The van der Waals surface area contributed by atoms with Gasteiger partial charge in [0, 0.05) is 17.1 Å². The number of hydrogen-bond donors (Lipinski definition) is 0. The van der Waals surface area contributed by atoms with Crippen LogP contribution in [0.1, 0.15) is 26.3 Å². The Balaban J connectivity index is 2.41. The molecule has 5 heteroatoms. The molecule has 116 valence electrons. The normalized spacial score (nSPS) is 12.4. The summed E-state index contributed by atoms with van der Waals surface area (Å²) in [6.45, 7) is 5.54. The Labute approximate surface area is 129 Å². The number of ether oxygens (including phenoxy) is 1. The summed E-state index contributed by atoms with van der Waals surface area (Å²) < 4.78 is 6.96. The molecule has 22 heavy (non-hydrogen) atoms. The van der Waals surface area contributed by atoms with Crippen LogP contribution in [0.2, 0.25) is 0 Å². The number of allylic oxidation sites excluding steroid dienone is 1. The fourth-order valence-electron chi connectivity index (χ4n) is 2.04. The monoisotopic (exact) mass is 300 g/mol. The molecular formula is C17H20N2O3. The number of carbonyl (C=O) groups is 1. The van der Waals surface area contributed by atoms with Crippen LogP contribution in [0.15, 0.2) is 41.7 Å². The zero-order valence-electron chi connectivity index (χ0n) is 13.2. The minimum Gasteiger partial charge on any atom is -0.443 e. The van der Waals surface area contributed by atoms with Crippen molar-refractivity contribution >= 4 is 29.3 Å². The van der Waals surface area contributed by atoms with Crippen molar-refractivity contribution in [3.63, 3.8) is 0 Å². The van der Waals surface area contributed by atoms with Crippen molar-refractivity contribution in [3.8, 4) is 0 Å². The number of fused-ring (bicyclic) bond motifs is 1. The minimum atomic E-state index is -0.538. The summed E-state index contributed by atoms with van der Waals surface area (Å²) in [6.07, 6.45) is 6.53. The molecule has 0 N–H and O–H groups in total. The fourth-order valence-corrected chi connectivity index (χ4v) is 2.04. The van der Waals surface area contributed by atoms with Crippen LogP contribution in [0, 0.1) is 0 Å². The molecule has 0 atom stereocenters. The molecule has 5 nitrogen and oxygen atoms in total. The third-order valence-corrected chi connectivity index (χ3v) is 2.86. The number of para-hydroxylation sites is 1. The number of carbonyl (C=O) groups excluding carboxylic acids is 1. The molecule has 0 bridgehead atoms. The molecule has 2 aromatic rings. The predicted octanol–water partition coefficient (Wildman–Crippen LogP) is 4.07. The van der Waals surface area contributed by atoms with Crippen LogP contribution in [0.25, 0.3) is 17.0 Å². The van der Waals surface area contributed by atoms with Gasteiger partial charge in [-0.05, 0) is 32.9 Å². The van der Waals surface area contributed by atoms with Gasteiger partial charge in [0.25, 0.3) is 0 Å². The average molecular weight is 300 g/mol. The first-order chi connectivity index (χ1) is 10.4. The SMILES string of the molecule is CO/N=C/C=C\c1cn(C(=O)OC(C)(C)C)c2ccccc12. The van der Waals surface area contributed by atoms with E-state index in [1.807, 2.05) is 51.1 Å². The van der Waals surface area contributed by atoms with Gasteiger partial charge in [-0.2, -0.15) is 0 Å². The van der Waals surface area contributed by atoms with Crippen LogP contribution < -0.4 is 0 Å². The molecule has 0 amide bonds. The lowest BCUT2D eigenvalue weighted by Gasteiger charge is -2.19. The minimum absolute atomic E-state index is 0.395. The molecule has 2 rings (SSSR count). The molecule has 1 aromatic heterocycles. The van der Waals surface area contributed by atoms with Crippen LogP contribution in [-0.2, 0) is 9.57 Å². The van der Waals surface area contributed by atoms with Crippen LogP contribution in [0.3, 0.4) is 0 Å². The van der Waals surface area contributed by atoms with Crippen LogP contribution >= 0.6 is 0 Å². The highest BCUT2D eigenvalue weighted by Gasteiger charge is 2.19. The average Bonchev–Trinajstić information content (AvgIpc) is 2.81. The molecule has 1 heterocycles. The second-order valence-corrected chi connectivity index (χ2v) is 5.75. The van der Waals surface area contributed by atoms with E-state index in [0.717, 1.165) is 16.5 Å². The van der Waals surface area contributed by atoms with Crippen molar-refractivity contribution in [2.75, 3.05) is 7.11 Å². The van der Waals surface area contributed by atoms with E-state index >= 15 is 0 Å². The molecule has 0 spiro atoms. The first-order valence-electron chi connectivity index (χ1n) is 6.99. The molecule has 0 aliphatic heterocycles. The maximum absolute atomic E-state index is 12.3. The van der Waals surface area contributed by atoms with Gasteiger partial charge in [-0.15, -0.1) is 0 Å². The predicted molar refractivity (Wildman–Crippen MR) is 88.1 cm³/mol. The lowest BCUT2D eigenvalue weighted by atomic mass is 10.1. The fraction of sp³-hybridized carbons (Fsp3) is 0.294. The van der Waals surface area contributed by atoms with Crippen molar-refractivity contribution in [1.29, 1.82) is 0 Å². The van der Waals surface area contributed by atoms with Gasteiger partial charge in [-0.25, -0.2) is 4.79 Å². The van der Waals surface area contributed by atoms with Gasteiger partial charge in [0.15, 0.2) is 0 Å². The summed E-state index contributed by atoms with van der Waals surface area (Å²) in [7, 11) is 1.48. The van der Waals surface area contributed by atoms with Crippen molar-refractivity contribution in [1.82, 2.24) is 4.57 Å². The van der Waals surface area contributed by atoms with E-state index < -0.39 is 11.7 Å². The first kappa shape index (κ1) is 15.8. The topological polar surface area (TPSA) is 52.8 Å².